The summed E-state index contributed by atoms with van der Waals surface area (Å²) in [5, 5.41) is 16.4. The summed E-state index contributed by atoms with van der Waals surface area (Å²) >= 11 is 9.04. The number of aromatic amines is 1. The van der Waals surface area contributed by atoms with Crippen LogP contribution in [0.3, 0.4) is 0 Å². The average Bonchev–Trinajstić information content (AvgIpc) is 3.37. The maximum atomic E-state index is 5.47. The quantitative estimate of drug-likeness (QED) is 0.425. The van der Waals surface area contributed by atoms with Crippen molar-refractivity contribution in [2.24, 2.45) is 0 Å². The van der Waals surface area contributed by atoms with E-state index >= 15 is 0 Å². The van der Waals surface area contributed by atoms with Crippen molar-refractivity contribution in [1.82, 2.24) is 34.3 Å². The highest BCUT2D eigenvalue weighted by Crippen LogP contribution is 2.20. The van der Waals surface area contributed by atoms with Crippen molar-refractivity contribution in [3.63, 3.8) is 0 Å². The third-order valence-electron chi connectivity index (χ3n) is 4.93. The number of aromatic nitrogens is 7. The first kappa shape index (κ1) is 19.8. The fourth-order valence-electron chi connectivity index (χ4n) is 3.30. The van der Waals surface area contributed by atoms with Gasteiger partial charge in [0.1, 0.15) is 5.82 Å². The molecule has 1 N–H and O–H groups in total. The molecular formula is C20H22BrN7S. The molecule has 3 aromatic heterocycles. The highest BCUT2D eigenvalue weighted by molar-refractivity contribution is 9.10. The number of aryl methyl sites for hydroxylation is 4. The van der Waals surface area contributed by atoms with Crippen LogP contribution in [0, 0.1) is 25.5 Å². The second-order valence-corrected chi connectivity index (χ2v) is 8.30. The van der Waals surface area contributed by atoms with Gasteiger partial charge in [0.15, 0.2) is 4.77 Å². The van der Waals surface area contributed by atoms with Gasteiger partial charge < -0.3 is 0 Å². The highest BCUT2D eigenvalue weighted by atomic mass is 79.9. The van der Waals surface area contributed by atoms with Gasteiger partial charge in [-0.25, -0.2) is 0 Å². The smallest absolute Gasteiger partial charge is 0.199 e. The topological polar surface area (TPSA) is 69.2 Å². The maximum Gasteiger partial charge on any atom is 0.199 e. The minimum absolute atomic E-state index is 0.560. The van der Waals surface area contributed by atoms with Gasteiger partial charge in [0, 0.05) is 24.9 Å². The first-order chi connectivity index (χ1) is 13.9. The van der Waals surface area contributed by atoms with E-state index in [1.54, 1.807) is 0 Å². The summed E-state index contributed by atoms with van der Waals surface area (Å²) in [7, 11) is 0. The fourth-order valence-corrected chi connectivity index (χ4v) is 3.84. The minimum atomic E-state index is 0.560. The molecule has 7 nitrogen and oxygen atoms in total. The zero-order valence-corrected chi connectivity index (χ0v) is 19.0. The molecule has 4 rings (SSSR count). The fraction of sp³-hybridized carbons (Fsp3) is 0.300. The van der Waals surface area contributed by atoms with Crippen LogP contribution >= 0.6 is 28.1 Å². The Morgan fingerprint density at radius 3 is 2.59 bits per heavy atom. The van der Waals surface area contributed by atoms with Crippen LogP contribution < -0.4 is 0 Å². The Labute approximate surface area is 182 Å². The Morgan fingerprint density at radius 1 is 1.14 bits per heavy atom. The SMILES string of the molecule is Cc1ccc(Cn2cc(-n3c(CCn4nc(C)c(Br)c4C)n[nH]c3=S)cn2)cc1. The third-order valence-corrected chi connectivity index (χ3v) is 6.35. The van der Waals surface area contributed by atoms with Gasteiger partial charge in [-0.05, 0) is 54.5 Å². The number of H-pyrrole nitrogens is 1. The maximum absolute atomic E-state index is 5.47. The van der Waals surface area contributed by atoms with Crippen LogP contribution in [0.4, 0.5) is 0 Å². The third kappa shape index (κ3) is 4.11. The van der Waals surface area contributed by atoms with Crippen molar-refractivity contribution in [2.75, 3.05) is 0 Å². The number of hydrogen-bond acceptors (Lipinski definition) is 4. The Bertz CT molecular complexity index is 1200. The first-order valence-electron chi connectivity index (χ1n) is 9.36. The number of nitrogens with one attached hydrogen (secondary N) is 1. The Morgan fingerprint density at radius 2 is 1.90 bits per heavy atom. The Balaban J connectivity index is 1.54. The van der Waals surface area contributed by atoms with Crippen molar-refractivity contribution < 1.29 is 0 Å². The second kappa shape index (κ2) is 8.08. The number of rotatable bonds is 6. The van der Waals surface area contributed by atoms with Crippen molar-refractivity contribution in [3.8, 4) is 5.69 Å². The summed E-state index contributed by atoms with van der Waals surface area (Å²) < 4.78 is 7.45. The lowest BCUT2D eigenvalue weighted by molar-refractivity contribution is 0.577. The molecule has 150 valence electrons. The summed E-state index contributed by atoms with van der Waals surface area (Å²) in [6.07, 6.45) is 4.52. The van der Waals surface area contributed by atoms with Crippen molar-refractivity contribution in [3.05, 3.63) is 74.2 Å². The zero-order chi connectivity index (χ0) is 20.5. The van der Waals surface area contributed by atoms with E-state index in [4.69, 9.17) is 12.2 Å². The molecular weight excluding hydrogens is 450 g/mol. The molecule has 3 heterocycles. The van der Waals surface area contributed by atoms with Gasteiger partial charge in [0.05, 0.1) is 28.6 Å². The highest BCUT2D eigenvalue weighted by Gasteiger charge is 2.13. The molecule has 0 unspecified atom stereocenters. The van der Waals surface area contributed by atoms with Gasteiger partial charge in [-0.15, -0.1) is 0 Å². The molecule has 0 radical (unpaired) electrons. The lowest BCUT2D eigenvalue weighted by Crippen LogP contribution is -2.09. The number of benzene rings is 1. The van der Waals surface area contributed by atoms with E-state index in [9.17, 15) is 0 Å². The summed E-state index contributed by atoms with van der Waals surface area (Å²) in [6, 6.07) is 8.47. The molecule has 9 heteroatoms. The van der Waals surface area contributed by atoms with E-state index in [1.165, 1.54) is 11.1 Å². The van der Waals surface area contributed by atoms with Gasteiger partial charge in [0.25, 0.3) is 0 Å². The van der Waals surface area contributed by atoms with Crippen molar-refractivity contribution >= 4 is 28.1 Å². The lowest BCUT2D eigenvalue weighted by atomic mass is 10.1. The summed E-state index contributed by atoms with van der Waals surface area (Å²) in [4.78, 5) is 0. The molecule has 4 aromatic rings. The van der Waals surface area contributed by atoms with E-state index in [1.807, 2.05) is 33.2 Å². The van der Waals surface area contributed by atoms with E-state index in [2.05, 4.69) is 74.4 Å². The summed E-state index contributed by atoms with van der Waals surface area (Å²) in [6.45, 7) is 7.56. The predicted molar refractivity (Wildman–Crippen MR) is 118 cm³/mol. The molecule has 0 saturated heterocycles. The average molecular weight is 472 g/mol. The number of halogens is 1. The van der Waals surface area contributed by atoms with Crippen LogP contribution in [0.5, 0.6) is 0 Å². The molecule has 0 saturated carbocycles. The normalized spacial score (nSPS) is 11.3. The van der Waals surface area contributed by atoms with Gasteiger partial charge in [-0.3, -0.25) is 19.0 Å². The van der Waals surface area contributed by atoms with Crippen molar-refractivity contribution in [2.45, 2.75) is 40.3 Å². The van der Waals surface area contributed by atoms with E-state index < -0.39 is 0 Å². The van der Waals surface area contributed by atoms with Gasteiger partial charge in [-0.2, -0.15) is 15.3 Å². The molecule has 0 aliphatic heterocycles. The second-order valence-electron chi connectivity index (χ2n) is 7.12. The van der Waals surface area contributed by atoms with Crippen LogP contribution in [0.2, 0.25) is 0 Å². The Hall–Kier alpha value is -2.52. The van der Waals surface area contributed by atoms with Crippen LogP contribution in [0.1, 0.15) is 28.3 Å². The molecule has 0 spiro atoms. The standard InChI is InChI=1S/C20H22BrN7S/c1-13-4-6-16(7-5-13)11-26-12-17(10-22-26)28-18(23-24-20(28)29)8-9-27-15(3)19(21)14(2)25-27/h4-7,10,12H,8-9,11H2,1-3H3,(H,24,29). The molecule has 0 atom stereocenters. The summed E-state index contributed by atoms with van der Waals surface area (Å²) in [5.74, 6) is 0.855. The zero-order valence-electron chi connectivity index (χ0n) is 16.6. The van der Waals surface area contributed by atoms with E-state index in [0.29, 0.717) is 17.7 Å². The van der Waals surface area contributed by atoms with Crippen LogP contribution in [-0.2, 0) is 19.5 Å². The molecule has 0 aliphatic carbocycles. The Kier molecular flexibility index (Phi) is 5.51. The van der Waals surface area contributed by atoms with Gasteiger partial charge >= 0.3 is 0 Å². The number of hydrogen-bond donors (Lipinski definition) is 1. The van der Waals surface area contributed by atoms with Crippen LogP contribution in [-0.4, -0.2) is 34.3 Å². The van der Waals surface area contributed by atoms with E-state index in [0.717, 1.165) is 33.9 Å². The predicted octanol–water partition coefficient (Wildman–Crippen LogP) is 4.30. The first-order valence-corrected chi connectivity index (χ1v) is 10.6. The lowest BCUT2D eigenvalue weighted by Gasteiger charge is -2.06. The van der Waals surface area contributed by atoms with Crippen molar-refractivity contribution in [1.29, 1.82) is 0 Å². The monoisotopic (exact) mass is 471 g/mol. The molecule has 0 fully saturated rings. The number of nitrogens with zero attached hydrogens (tertiary/aromatic N) is 6. The molecule has 29 heavy (non-hydrogen) atoms. The summed E-state index contributed by atoms with van der Waals surface area (Å²) in [5.41, 5.74) is 5.45. The van der Waals surface area contributed by atoms with Crippen LogP contribution in [0.25, 0.3) is 5.69 Å². The van der Waals surface area contributed by atoms with E-state index in [-0.39, 0.29) is 0 Å². The van der Waals surface area contributed by atoms with Gasteiger partial charge in [0.2, 0.25) is 0 Å². The van der Waals surface area contributed by atoms with Crippen LogP contribution in [0.15, 0.2) is 41.1 Å². The molecule has 1 aromatic carbocycles. The molecule has 0 amide bonds. The van der Waals surface area contributed by atoms with Gasteiger partial charge in [-0.1, -0.05) is 29.8 Å². The minimum Gasteiger partial charge on any atom is -0.269 e. The largest absolute Gasteiger partial charge is 0.269 e. The molecule has 0 bridgehead atoms. The molecule has 0 aliphatic rings.